The molecule has 0 aliphatic rings. The number of aliphatic hydroxyl groups excluding tert-OH is 1. The molecule has 0 bridgehead atoms. The van der Waals surface area contributed by atoms with Gasteiger partial charge in [-0.05, 0) is 18.6 Å². The van der Waals surface area contributed by atoms with E-state index in [0.29, 0.717) is 11.4 Å². The summed E-state index contributed by atoms with van der Waals surface area (Å²) in [6.07, 6.45) is 3.23. The second-order valence-electron chi connectivity index (χ2n) is 3.84. The smallest absolute Gasteiger partial charge is 0.261 e. The molecule has 0 unspecified atom stereocenters. The molecule has 0 saturated heterocycles. The van der Waals surface area contributed by atoms with Gasteiger partial charge in [0.05, 0.1) is 28.3 Å². The first-order valence-corrected chi connectivity index (χ1v) is 6.48. The van der Waals surface area contributed by atoms with E-state index in [1.807, 2.05) is 6.92 Å². The third kappa shape index (κ3) is 3.44. The first-order chi connectivity index (χ1) is 9.20. The van der Waals surface area contributed by atoms with Crippen LogP contribution in [0.1, 0.15) is 25.8 Å². The fraction of sp³-hybridized carbons (Fsp3) is 0.231. The Labute approximate surface area is 114 Å². The number of thiophene rings is 1. The molecule has 0 radical (unpaired) electrons. The molecule has 0 aromatic carbocycles. The van der Waals surface area contributed by atoms with Crippen LogP contribution in [0.2, 0.25) is 0 Å². The van der Waals surface area contributed by atoms with Gasteiger partial charge in [0.15, 0.2) is 0 Å². The van der Waals surface area contributed by atoms with E-state index in [1.54, 1.807) is 18.6 Å². The number of aliphatic hydroxyl groups is 1. The Kier molecular flexibility index (Phi) is 4.34. The van der Waals surface area contributed by atoms with Gasteiger partial charge < -0.3 is 15.4 Å². The number of carbonyl (C=O) groups excluding carboxylic acids is 1. The van der Waals surface area contributed by atoms with Crippen molar-refractivity contribution in [1.29, 1.82) is 0 Å². The second-order valence-corrected chi connectivity index (χ2v) is 4.89. The maximum atomic E-state index is 11.9. The van der Waals surface area contributed by atoms with Gasteiger partial charge in [0.2, 0.25) is 0 Å². The van der Waals surface area contributed by atoms with Gasteiger partial charge in [0.1, 0.15) is 6.61 Å². The molecule has 2 rings (SSSR count). The predicted molar refractivity (Wildman–Crippen MR) is 72.8 cm³/mol. The van der Waals surface area contributed by atoms with E-state index in [-0.39, 0.29) is 12.5 Å². The van der Waals surface area contributed by atoms with Crippen LogP contribution >= 0.6 is 11.3 Å². The summed E-state index contributed by atoms with van der Waals surface area (Å²) in [5, 5.41) is 11.5. The van der Waals surface area contributed by atoms with E-state index in [9.17, 15) is 4.79 Å². The largest absolute Gasteiger partial charge is 0.384 e. The van der Waals surface area contributed by atoms with Gasteiger partial charge in [0, 0.05) is 6.20 Å². The maximum Gasteiger partial charge on any atom is 0.261 e. The van der Waals surface area contributed by atoms with Crippen molar-refractivity contribution in [2.45, 2.75) is 13.5 Å². The zero-order chi connectivity index (χ0) is 13.7. The molecule has 19 heavy (non-hydrogen) atoms. The van der Waals surface area contributed by atoms with Crippen LogP contribution in [-0.2, 0) is 6.54 Å². The Morgan fingerprint density at radius 2 is 2.47 bits per heavy atom. The number of aromatic nitrogens is 2. The van der Waals surface area contributed by atoms with Crippen molar-refractivity contribution in [1.82, 2.24) is 15.3 Å². The molecule has 1 amide bonds. The van der Waals surface area contributed by atoms with Gasteiger partial charge in [-0.15, -0.1) is 11.3 Å². The first kappa shape index (κ1) is 13.3. The lowest BCUT2D eigenvalue weighted by atomic mass is 10.2. The zero-order valence-electron chi connectivity index (χ0n) is 10.4. The third-order valence-corrected chi connectivity index (χ3v) is 3.57. The molecule has 0 spiro atoms. The Balaban J connectivity index is 2.03. The van der Waals surface area contributed by atoms with E-state index in [2.05, 4.69) is 27.1 Å². The number of H-pyrrole nitrogens is 1. The minimum atomic E-state index is -0.182. The first-order valence-electron chi connectivity index (χ1n) is 5.66. The van der Waals surface area contributed by atoms with Gasteiger partial charge in [-0.1, -0.05) is 11.8 Å². The number of aryl methyl sites for hydroxylation is 1. The Hall–Kier alpha value is -2.10. The number of hydrogen-bond acceptors (Lipinski definition) is 4. The number of hydrogen-bond donors (Lipinski definition) is 3. The Bertz CT molecular complexity index is 620. The SMILES string of the molecule is Cc1cc(C(=O)NCc2cnc[nH]2)sc1C#CCO. The van der Waals surface area contributed by atoms with Crippen LogP contribution in [0.5, 0.6) is 0 Å². The number of amides is 1. The zero-order valence-corrected chi connectivity index (χ0v) is 11.2. The number of nitrogens with zero attached hydrogens (tertiary/aromatic N) is 1. The minimum absolute atomic E-state index is 0.139. The highest BCUT2D eigenvalue weighted by molar-refractivity contribution is 7.14. The molecule has 0 atom stereocenters. The number of imidazole rings is 1. The van der Waals surface area contributed by atoms with Crippen LogP contribution in [0.25, 0.3) is 0 Å². The van der Waals surface area contributed by atoms with Gasteiger partial charge in [-0.2, -0.15) is 0 Å². The highest BCUT2D eigenvalue weighted by Gasteiger charge is 2.11. The van der Waals surface area contributed by atoms with Crippen LogP contribution in [-0.4, -0.2) is 27.6 Å². The summed E-state index contributed by atoms with van der Waals surface area (Å²) in [5.41, 5.74) is 1.79. The molecule has 2 aromatic rings. The molecule has 0 aliphatic carbocycles. The topological polar surface area (TPSA) is 78.0 Å². The molecular weight excluding hydrogens is 262 g/mol. The fourth-order valence-corrected chi connectivity index (χ4v) is 2.45. The molecule has 0 fully saturated rings. The third-order valence-electron chi connectivity index (χ3n) is 2.42. The van der Waals surface area contributed by atoms with E-state index >= 15 is 0 Å². The average molecular weight is 275 g/mol. The van der Waals surface area contributed by atoms with Crippen molar-refractivity contribution in [3.05, 3.63) is 39.6 Å². The Morgan fingerprint density at radius 3 is 3.16 bits per heavy atom. The normalized spacial score (nSPS) is 9.79. The van der Waals surface area contributed by atoms with Crippen LogP contribution in [0.15, 0.2) is 18.6 Å². The minimum Gasteiger partial charge on any atom is -0.384 e. The summed E-state index contributed by atoms with van der Waals surface area (Å²) in [6.45, 7) is 2.12. The van der Waals surface area contributed by atoms with E-state index < -0.39 is 0 Å². The van der Waals surface area contributed by atoms with E-state index in [1.165, 1.54) is 11.3 Å². The summed E-state index contributed by atoms with van der Waals surface area (Å²) in [5.74, 6) is 5.27. The number of aromatic amines is 1. The molecule has 2 aromatic heterocycles. The van der Waals surface area contributed by atoms with Crippen LogP contribution in [0, 0.1) is 18.8 Å². The number of nitrogens with one attached hydrogen (secondary N) is 2. The van der Waals surface area contributed by atoms with Gasteiger partial charge in [-0.25, -0.2) is 4.98 Å². The van der Waals surface area contributed by atoms with Crippen molar-refractivity contribution < 1.29 is 9.90 Å². The molecule has 98 valence electrons. The van der Waals surface area contributed by atoms with Crippen molar-refractivity contribution in [2.75, 3.05) is 6.61 Å². The van der Waals surface area contributed by atoms with Crippen LogP contribution in [0.3, 0.4) is 0 Å². The summed E-state index contributed by atoms with van der Waals surface area (Å²) in [6, 6.07) is 1.80. The molecule has 0 aliphatic heterocycles. The molecule has 0 saturated carbocycles. The summed E-state index contributed by atoms with van der Waals surface area (Å²) in [4.78, 5) is 20.2. The molecule has 6 heteroatoms. The molecular formula is C13H13N3O2S. The van der Waals surface area contributed by atoms with E-state index in [0.717, 1.165) is 16.1 Å². The lowest BCUT2D eigenvalue weighted by Crippen LogP contribution is -2.21. The highest BCUT2D eigenvalue weighted by Crippen LogP contribution is 2.20. The quantitative estimate of drug-likeness (QED) is 0.733. The second kappa shape index (κ2) is 6.18. The number of rotatable bonds is 3. The summed E-state index contributed by atoms with van der Waals surface area (Å²) < 4.78 is 0. The standard InChI is InChI=1S/C13H13N3O2S/c1-9-5-12(19-11(9)3-2-4-17)13(18)15-7-10-6-14-8-16-10/h5-6,8,17H,4,7H2,1H3,(H,14,16)(H,15,18). The van der Waals surface area contributed by atoms with Crippen molar-refractivity contribution in [2.24, 2.45) is 0 Å². The van der Waals surface area contributed by atoms with Crippen molar-refractivity contribution in [3.8, 4) is 11.8 Å². The monoisotopic (exact) mass is 275 g/mol. The predicted octanol–water partition coefficient (Wildman–Crippen LogP) is 1.05. The van der Waals surface area contributed by atoms with E-state index in [4.69, 9.17) is 5.11 Å². The maximum absolute atomic E-state index is 11.9. The van der Waals surface area contributed by atoms with Crippen LogP contribution in [0.4, 0.5) is 0 Å². The lowest BCUT2D eigenvalue weighted by molar-refractivity contribution is 0.0954. The van der Waals surface area contributed by atoms with Gasteiger partial charge in [-0.3, -0.25) is 4.79 Å². The fourth-order valence-electron chi connectivity index (χ4n) is 1.48. The molecule has 2 heterocycles. The molecule has 3 N–H and O–H groups in total. The Morgan fingerprint density at radius 1 is 1.63 bits per heavy atom. The summed E-state index contributed by atoms with van der Waals surface area (Å²) in [7, 11) is 0. The van der Waals surface area contributed by atoms with Crippen molar-refractivity contribution in [3.63, 3.8) is 0 Å². The van der Waals surface area contributed by atoms with Gasteiger partial charge in [0.25, 0.3) is 5.91 Å². The lowest BCUT2D eigenvalue weighted by Gasteiger charge is -2.00. The highest BCUT2D eigenvalue weighted by atomic mass is 32.1. The van der Waals surface area contributed by atoms with Crippen LogP contribution < -0.4 is 5.32 Å². The van der Waals surface area contributed by atoms with Crippen molar-refractivity contribution >= 4 is 17.2 Å². The molecule has 5 nitrogen and oxygen atoms in total. The number of carbonyl (C=O) groups is 1. The van der Waals surface area contributed by atoms with Gasteiger partial charge >= 0.3 is 0 Å². The summed E-state index contributed by atoms with van der Waals surface area (Å²) >= 11 is 1.32. The average Bonchev–Trinajstić information content (AvgIpc) is 3.03.